The molecule has 1 aromatic heterocycles. The Labute approximate surface area is 154 Å². The fourth-order valence-corrected chi connectivity index (χ4v) is 2.35. The van der Waals surface area contributed by atoms with Crippen LogP contribution in [0.25, 0.3) is 0 Å². The zero-order valence-electron chi connectivity index (χ0n) is 14.6. The fourth-order valence-electron chi connectivity index (χ4n) is 2.35. The van der Waals surface area contributed by atoms with Gasteiger partial charge in [0, 0.05) is 11.8 Å². The molecule has 8 heteroatoms. The Kier molecular flexibility index (Phi) is 5.25. The number of halogens is 2. The van der Waals surface area contributed by atoms with Crippen LogP contribution in [-0.4, -0.2) is 23.2 Å². The van der Waals surface area contributed by atoms with E-state index in [0.29, 0.717) is 17.1 Å². The molecule has 3 aromatic rings. The van der Waals surface area contributed by atoms with Crippen LogP contribution in [0.15, 0.2) is 48.5 Å². The summed E-state index contributed by atoms with van der Waals surface area (Å²) in [6, 6.07) is 11.7. The highest BCUT2D eigenvalue weighted by molar-refractivity contribution is 6.03. The van der Waals surface area contributed by atoms with Crippen LogP contribution in [0.3, 0.4) is 0 Å². The van der Waals surface area contributed by atoms with E-state index >= 15 is 0 Å². The quantitative estimate of drug-likeness (QED) is 0.708. The Bertz CT molecular complexity index is 978. The molecule has 27 heavy (non-hydrogen) atoms. The van der Waals surface area contributed by atoms with Gasteiger partial charge in [0.05, 0.1) is 12.8 Å². The lowest BCUT2D eigenvalue weighted by molar-refractivity contribution is 0.102. The minimum atomic E-state index is -0.976. The van der Waals surface area contributed by atoms with Gasteiger partial charge in [0.1, 0.15) is 5.75 Å². The second kappa shape index (κ2) is 7.77. The van der Waals surface area contributed by atoms with Crippen molar-refractivity contribution < 1.29 is 18.3 Å². The van der Waals surface area contributed by atoms with Gasteiger partial charge >= 0.3 is 0 Å². The normalized spacial score (nSPS) is 10.4. The van der Waals surface area contributed by atoms with Crippen molar-refractivity contribution in [2.24, 2.45) is 0 Å². The largest absolute Gasteiger partial charge is 0.495 e. The number of ether oxygens (including phenoxy) is 1. The highest BCUT2D eigenvalue weighted by atomic mass is 19.2. The number of nitrogens with one attached hydrogen (secondary N) is 2. The number of nitrogens with zero attached hydrogens (tertiary/aromatic N) is 2. The molecule has 0 unspecified atom stereocenters. The third kappa shape index (κ3) is 4.35. The van der Waals surface area contributed by atoms with Crippen molar-refractivity contribution in [2.75, 3.05) is 17.7 Å². The van der Waals surface area contributed by atoms with Crippen LogP contribution in [0, 0.1) is 18.6 Å². The van der Waals surface area contributed by atoms with Gasteiger partial charge in [-0.05, 0) is 48.9 Å². The summed E-state index contributed by atoms with van der Waals surface area (Å²) in [7, 11) is 1.51. The average molecular weight is 370 g/mol. The minimum absolute atomic E-state index is 0.0920. The Morgan fingerprint density at radius 1 is 1.00 bits per heavy atom. The maximum atomic E-state index is 13.2. The SMILES string of the molecule is COc1ccc(C)cc1NC(=O)c1ccc(Nc2ccc(F)c(F)c2)nn1. The first-order valence-corrected chi connectivity index (χ1v) is 7.98. The van der Waals surface area contributed by atoms with E-state index in [1.807, 2.05) is 13.0 Å². The molecular weight excluding hydrogens is 354 g/mol. The summed E-state index contributed by atoms with van der Waals surface area (Å²) in [5.74, 6) is -1.56. The third-order valence-electron chi connectivity index (χ3n) is 3.69. The molecule has 0 bridgehead atoms. The summed E-state index contributed by atoms with van der Waals surface area (Å²) in [4.78, 5) is 12.4. The Balaban J connectivity index is 1.72. The van der Waals surface area contributed by atoms with E-state index in [1.54, 1.807) is 12.1 Å². The summed E-state index contributed by atoms with van der Waals surface area (Å²) in [5, 5.41) is 13.2. The van der Waals surface area contributed by atoms with E-state index in [4.69, 9.17) is 4.74 Å². The lowest BCUT2D eigenvalue weighted by Crippen LogP contribution is -2.15. The van der Waals surface area contributed by atoms with Gasteiger partial charge in [-0.3, -0.25) is 4.79 Å². The second-order valence-corrected chi connectivity index (χ2v) is 5.72. The Morgan fingerprint density at radius 3 is 2.48 bits per heavy atom. The first-order valence-electron chi connectivity index (χ1n) is 7.98. The van der Waals surface area contributed by atoms with Gasteiger partial charge in [0.2, 0.25) is 0 Å². The minimum Gasteiger partial charge on any atom is -0.495 e. The van der Waals surface area contributed by atoms with Crippen LogP contribution >= 0.6 is 0 Å². The monoisotopic (exact) mass is 370 g/mol. The first kappa shape index (κ1) is 18.2. The molecule has 0 aliphatic carbocycles. The lowest BCUT2D eigenvalue weighted by atomic mass is 10.2. The standard InChI is InChI=1S/C19H16F2N4O2/c1-11-3-7-17(27-2)16(9-11)23-19(26)15-6-8-18(25-24-15)22-12-4-5-13(20)14(21)10-12/h3-10H,1-2H3,(H,22,25)(H,23,26). The van der Waals surface area contributed by atoms with Crippen LogP contribution in [0.2, 0.25) is 0 Å². The Morgan fingerprint density at radius 2 is 1.81 bits per heavy atom. The van der Waals surface area contributed by atoms with Crippen molar-refractivity contribution in [3.05, 3.63) is 71.4 Å². The topological polar surface area (TPSA) is 76.1 Å². The van der Waals surface area contributed by atoms with E-state index in [9.17, 15) is 13.6 Å². The molecule has 0 spiro atoms. The van der Waals surface area contributed by atoms with Gasteiger partial charge in [0.25, 0.3) is 5.91 Å². The van der Waals surface area contributed by atoms with Gasteiger partial charge in [-0.25, -0.2) is 8.78 Å². The molecule has 0 saturated heterocycles. The molecule has 6 nitrogen and oxygen atoms in total. The van der Waals surface area contributed by atoms with Crippen LogP contribution in [0.1, 0.15) is 16.1 Å². The van der Waals surface area contributed by atoms with Crippen molar-refractivity contribution in [1.82, 2.24) is 10.2 Å². The summed E-state index contributed by atoms with van der Waals surface area (Å²) >= 11 is 0. The van der Waals surface area contributed by atoms with E-state index in [0.717, 1.165) is 17.7 Å². The third-order valence-corrected chi connectivity index (χ3v) is 3.69. The molecule has 0 fully saturated rings. The number of methoxy groups -OCH3 is 1. The average Bonchev–Trinajstić information content (AvgIpc) is 2.65. The molecule has 0 saturated carbocycles. The second-order valence-electron chi connectivity index (χ2n) is 5.72. The molecule has 0 radical (unpaired) electrons. The smallest absolute Gasteiger partial charge is 0.276 e. The maximum absolute atomic E-state index is 13.2. The fraction of sp³-hybridized carbons (Fsp3) is 0.105. The van der Waals surface area contributed by atoms with Crippen molar-refractivity contribution in [3.63, 3.8) is 0 Å². The zero-order chi connectivity index (χ0) is 19.4. The predicted octanol–water partition coefficient (Wildman–Crippen LogP) is 4.07. The Hall–Kier alpha value is -3.55. The number of anilines is 3. The molecule has 1 amide bonds. The number of carbonyl (C=O) groups excluding carboxylic acids is 1. The van der Waals surface area contributed by atoms with E-state index in [2.05, 4.69) is 20.8 Å². The van der Waals surface area contributed by atoms with Gasteiger partial charge in [0.15, 0.2) is 23.1 Å². The molecule has 2 N–H and O–H groups in total. The van der Waals surface area contributed by atoms with E-state index in [1.165, 1.54) is 25.3 Å². The number of carbonyl (C=O) groups is 1. The number of rotatable bonds is 5. The molecule has 1 heterocycles. The molecule has 0 aliphatic rings. The predicted molar refractivity (Wildman–Crippen MR) is 97.4 cm³/mol. The molecule has 0 atom stereocenters. The van der Waals surface area contributed by atoms with Gasteiger partial charge in [-0.15, -0.1) is 10.2 Å². The number of hydrogen-bond donors (Lipinski definition) is 2. The molecule has 138 valence electrons. The summed E-state index contributed by atoms with van der Waals surface area (Å²) in [5.41, 5.74) is 1.89. The summed E-state index contributed by atoms with van der Waals surface area (Å²) in [6.07, 6.45) is 0. The number of amides is 1. The highest BCUT2D eigenvalue weighted by Crippen LogP contribution is 2.25. The molecule has 2 aromatic carbocycles. The number of benzene rings is 2. The summed E-state index contributed by atoms with van der Waals surface area (Å²) < 4.78 is 31.4. The van der Waals surface area contributed by atoms with E-state index < -0.39 is 17.5 Å². The molecule has 0 aliphatic heterocycles. The van der Waals surface area contributed by atoms with Crippen molar-refractivity contribution >= 4 is 23.1 Å². The number of hydrogen-bond acceptors (Lipinski definition) is 5. The lowest BCUT2D eigenvalue weighted by Gasteiger charge is -2.11. The zero-order valence-corrected chi connectivity index (χ0v) is 14.6. The van der Waals surface area contributed by atoms with Crippen LogP contribution < -0.4 is 15.4 Å². The van der Waals surface area contributed by atoms with Gasteiger partial charge < -0.3 is 15.4 Å². The van der Waals surface area contributed by atoms with Crippen molar-refractivity contribution in [1.29, 1.82) is 0 Å². The van der Waals surface area contributed by atoms with Crippen molar-refractivity contribution in [2.45, 2.75) is 6.92 Å². The van der Waals surface area contributed by atoms with Gasteiger partial charge in [-0.2, -0.15) is 0 Å². The van der Waals surface area contributed by atoms with Crippen LogP contribution in [0.4, 0.5) is 26.0 Å². The van der Waals surface area contributed by atoms with E-state index in [-0.39, 0.29) is 11.5 Å². The summed E-state index contributed by atoms with van der Waals surface area (Å²) in [6.45, 7) is 1.90. The molecular formula is C19H16F2N4O2. The van der Waals surface area contributed by atoms with Crippen LogP contribution in [-0.2, 0) is 0 Å². The highest BCUT2D eigenvalue weighted by Gasteiger charge is 2.12. The first-order chi connectivity index (χ1) is 13.0. The van der Waals surface area contributed by atoms with Crippen LogP contribution in [0.5, 0.6) is 5.75 Å². The maximum Gasteiger partial charge on any atom is 0.276 e. The number of aryl methyl sites for hydroxylation is 1. The van der Waals surface area contributed by atoms with Gasteiger partial charge in [-0.1, -0.05) is 6.07 Å². The van der Waals surface area contributed by atoms with Crippen molar-refractivity contribution in [3.8, 4) is 5.75 Å². The molecule has 3 rings (SSSR count). The number of aromatic nitrogens is 2.